The summed E-state index contributed by atoms with van der Waals surface area (Å²) in [5, 5.41) is 34.1. The Kier molecular flexibility index (Phi) is 16.7. The van der Waals surface area contributed by atoms with E-state index in [9.17, 15) is 20.1 Å². The molecule has 14 heteroatoms. The molecule has 0 radical (unpaired) electrons. The Morgan fingerprint density at radius 2 is 1.57 bits per heavy atom. The molecule has 0 amide bonds. The monoisotopic (exact) mass is 860 g/mol. The van der Waals surface area contributed by atoms with E-state index in [0.29, 0.717) is 43.3 Å². The number of hydrogen-bond donors (Lipinski definition) is 3. The van der Waals surface area contributed by atoms with E-state index in [0.717, 1.165) is 12.0 Å². The molecule has 0 aromatic rings. The van der Waals surface area contributed by atoms with Gasteiger partial charge in [0.2, 0.25) is 0 Å². The second-order valence-electron chi connectivity index (χ2n) is 18.2. The SMILES string of the molecule is CCC(C)[C@H]1OO[C@@H]2C/C=C(\C)[C@@H](O[C@H]3C[C@H](OC)[C@@H](O[C@H]4C[C@H](OC)[C@@H](O)[C@H](C)O4)[C@H](C)O3)[C@@H](C)/C=C/C=C3\CO[C@@H]4[C@H](O)C(C)=C[C@@H](C(=O)O[C@H](C/C=C\[C@@H]1C)C2)[C@]34O. The smallest absolute Gasteiger partial charge is 0.316 e. The van der Waals surface area contributed by atoms with E-state index >= 15 is 0 Å². The number of allylic oxidation sites excluding steroid dienone is 2. The minimum atomic E-state index is -1.83. The van der Waals surface area contributed by atoms with Crippen LogP contribution in [0.2, 0.25) is 0 Å². The highest BCUT2D eigenvalue weighted by atomic mass is 17.2. The molecule has 3 fully saturated rings. The molecule has 2 bridgehead atoms. The Morgan fingerprint density at radius 1 is 0.869 bits per heavy atom. The molecular formula is C47H72O14. The van der Waals surface area contributed by atoms with Crippen LogP contribution in [0.25, 0.3) is 0 Å². The van der Waals surface area contributed by atoms with Gasteiger partial charge in [-0.25, -0.2) is 9.78 Å². The Morgan fingerprint density at radius 3 is 2.30 bits per heavy atom. The van der Waals surface area contributed by atoms with Gasteiger partial charge in [0.05, 0.1) is 43.2 Å². The van der Waals surface area contributed by atoms with Crippen LogP contribution < -0.4 is 0 Å². The third kappa shape index (κ3) is 10.8. The molecule has 0 saturated carbocycles. The van der Waals surface area contributed by atoms with Crippen molar-refractivity contribution in [1.82, 2.24) is 0 Å². The van der Waals surface area contributed by atoms with E-state index in [1.54, 1.807) is 40.2 Å². The fourth-order valence-electron chi connectivity index (χ4n) is 9.71. The Balaban J connectivity index is 1.30. The van der Waals surface area contributed by atoms with Gasteiger partial charge in [-0.05, 0) is 56.8 Å². The van der Waals surface area contributed by atoms with Gasteiger partial charge in [0.15, 0.2) is 12.6 Å². The van der Waals surface area contributed by atoms with Crippen LogP contribution >= 0.6 is 0 Å². The molecule has 61 heavy (non-hydrogen) atoms. The molecule has 14 nitrogen and oxygen atoms in total. The summed E-state index contributed by atoms with van der Waals surface area (Å²) in [6.45, 7) is 15.9. The Labute approximate surface area is 362 Å². The maximum absolute atomic E-state index is 14.2. The lowest BCUT2D eigenvalue weighted by Crippen LogP contribution is -2.57. The van der Waals surface area contributed by atoms with Gasteiger partial charge in [-0.15, -0.1) is 0 Å². The van der Waals surface area contributed by atoms with Crippen LogP contribution in [0, 0.1) is 23.7 Å². The normalized spacial score (nSPS) is 47.3. The van der Waals surface area contributed by atoms with Gasteiger partial charge >= 0.3 is 5.97 Å². The first-order valence-corrected chi connectivity index (χ1v) is 22.4. The zero-order valence-electron chi connectivity index (χ0n) is 37.7. The lowest BCUT2D eigenvalue weighted by molar-refractivity contribution is -0.366. The van der Waals surface area contributed by atoms with Gasteiger partial charge in [0.1, 0.15) is 48.1 Å². The summed E-state index contributed by atoms with van der Waals surface area (Å²) in [5.41, 5.74) is 0.106. The van der Waals surface area contributed by atoms with Crippen LogP contribution in [-0.4, -0.2) is 134 Å². The van der Waals surface area contributed by atoms with E-state index in [4.69, 9.17) is 47.7 Å². The molecule has 0 spiro atoms. The van der Waals surface area contributed by atoms with Crippen molar-refractivity contribution in [3.63, 3.8) is 0 Å². The molecule has 3 N–H and O–H groups in total. The Hall–Kier alpha value is -2.31. The summed E-state index contributed by atoms with van der Waals surface area (Å²) in [4.78, 5) is 26.8. The summed E-state index contributed by atoms with van der Waals surface area (Å²) < 4.78 is 49.7. The molecular weight excluding hydrogens is 789 g/mol. The molecule has 0 aromatic carbocycles. The van der Waals surface area contributed by atoms with E-state index in [-0.39, 0.29) is 36.6 Å². The second kappa shape index (κ2) is 21.1. The molecule has 5 heterocycles. The lowest BCUT2D eigenvalue weighted by atomic mass is 9.71. The topological polar surface area (TPSA) is 170 Å². The Bertz CT molecular complexity index is 1630. The van der Waals surface area contributed by atoms with Crippen molar-refractivity contribution < 1.29 is 67.8 Å². The number of rotatable bonds is 8. The molecule has 1 unspecified atom stereocenters. The number of carbonyl (C=O) groups is 1. The third-order valence-electron chi connectivity index (χ3n) is 13.8. The minimum Gasteiger partial charge on any atom is -0.461 e. The predicted octanol–water partition coefficient (Wildman–Crippen LogP) is 5.58. The molecule has 1 aliphatic carbocycles. The lowest BCUT2D eigenvalue weighted by Gasteiger charge is -2.44. The zero-order valence-corrected chi connectivity index (χ0v) is 37.7. The van der Waals surface area contributed by atoms with E-state index in [1.165, 1.54) is 0 Å². The predicted molar refractivity (Wildman–Crippen MR) is 225 cm³/mol. The van der Waals surface area contributed by atoms with Gasteiger partial charge < -0.3 is 53.2 Å². The van der Waals surface area contributed by atoms with Crippen LogP contribution in [0.4, 0.5) is 0 Å². The molecule has 19 atom stereocenters. The van der Waals surface area contributed by atoms with Gasteiger partial charge in [-0.3, -0.25) is 4.79 Å². The summed E-state index contributed by atoms with van der Waals surface area (Å²) in [5.74, 6) is -1.64. The number of hydrogen-bond acceptors (Lipinski definition) is 14. The van der Waals surface area contributed by atoms with Crippen LogP contribution in [-0.2, 0) is 52.5 Å². The van der Waals surface area contributed by atoms with Crippen molar-refractivity contribution in [3.8, 4) is 0 Å². The number of esters is 1. The first kappa shape index (κ1) is 48.2. The number of carbonyl (C=O) groups excluding carboxylic acids is 1. The van der Waals surface area contributed by atoms with Crippen LogP contribution in [0.5, 0.6) is 0 Å². The van der Waals surface area contributed by atoms with Crippen molar-refractivity contribution in [2.24, 2.45) is 23.7 Å². The first-order chi connectivity index (χ1) is 29.1. The van der Waals surface area contributed by atoms with Crippen LogP contribution in [0.1, 0.15) is 93.9 Å². The largest absolute Gasteiger partial charge is 0.461 e. The molecule has 6 aliphatic rings. The maximum atomic E-state index is 14.2. The number of aliphatic hydroxyl groups excluding tert-OH is 2. The standard InChI is InChI=1S/C47H72O14/c1-11-25(2)43-27(4)15-13-17-33-21-34(60-61-43)19-18-28(5)42(26(3)14-12-16-32-24-54-45-40(48)29(6)20-35(46(50)57-33)47(32,45)51)58-39-23-37(53-10)44(31(8)56-39)59-38-22-36(52-9)41(49)30(7)55-38/h12-16,18,20,25-27,30-31,33-45,48-49,51H,11,17,19,21-24H2,1-10H3/b14-12+,15-13-,28-18+,32-16+/t25?,26-,27-,30-,31-,33+,34+,35-,36-,37-,38-,39-,40+,41-,42-,43+,44-,45+,47+/m0/s1. The fraction of sp³-hybridized carbons (Fsp3) is 0.766. The number of methoxy groups -OCH3 is 2. The van der Waals surface area contributed by atoms with E-state index in [1.807, 2.05) is 32.1 Å². The minimum absolute atomic E-state index is 0.0301. The molecule has 6 rings (SSSR count). The summed E-state index contributed by atoms with van der Waals surface area (Å²) in [6, 6.07) is 0. The number of ether oxygens (including phenoxy) is 8. The maximum Gasteiger partial charge on any atom is 0.316 e. The van der Waals surface area contributed by atoms with Crippen molar-refractivity contribution >= 4 is 5.97 Å². The van der Waals surface area contributed by atoms with Crippen LogP contribution in [0.3, 0.4) is 0 Å². The highest BCUT2D eigenvalue weighted by molar-refractivity contribution is 5.78. The van der Waals surface area contributed by atoms with E-state index in [2.05, 4.69) is 39.8 Å². The van der Waals surface area contributed by atoms with Crippen molar-refractivity contribution in [2.45, 2.75) is 185 Å². The molecule has 344 valence electrons. The summed E-state index contributed by atoms with van der Waals surface area (Å²) in [6.07, 6.45) is 8.23. The van der Waals surface area contributed by atoms with E-state index < -0.39 is 91.1 Å². The van der Waals surface area contributed by atoms with Crippen molar-refractivity contribution in [2.75, 3.05) is 20.8 Å². The highest BCUT2D eigenvalue weighted by Crippen LogP contribution is 2.46. The van der Waals surface area contributed by atoms with Crippen molar-refractivity contribution in [3.05, 3.63) is 59.3 Å². The molecule has 3 saturated heterocycles. The third-order valence-corrected chi connectivity index (χ3v) is 13.8. The number of fused-ring (bicyclic) bond motifs is 2. The number of aliphatic hydroxyl groups is 3. The van der Waals surface area contributed by atoms with Crippen LogP contribution in [0.15, 0.2) is 59.3 Å². The van der Waals surface area contributed by atoms with Gasteiger partial charge in [-0.2, -0.15) is 0 Å². The zero-order chi connectivity index (χ0) is 44.2. The quantitative estimate of drug-likeness (QED) is 0.157. The summed E-state index contributed by atoms with van der Waals surface area (Å²) >= 11 is 0. The fourth-order valence-corrected chi connectivity index (χ4v) is 9.71. The second-order valence-corrected chi connectivity index (χ2v) is 18.2. The first-order valence-electron chi connectivity index (χ1n) is 22.4. The summed E-state index contributed by atoms with van der Waals surface area (Å²) in [7, 11) is 3.21. The highest BCUT2D eigenvalue weighted by Gasteiger charge is 2.59. The van der Waals surface area contributed by atoms with Gasteiger partial charge in [-0.1, -0.05) is 76.6 Å². The average Bonchev–Trinajstić information content (AvgIpc) is 3.57. The average molecular weight is 861 g/mol. The molecule has 5 aliphatic heterocycles. The molecule has 0 aromatic heterocycles. The van der Waals surface area contributed by atoms with Crippen molar-refractivity contribution in [1.29, 1.82) is 0 Å². The van der Waals surface area contributed by atoms with Gasteiger partial charge in [0, 0.05) is 51.7 Å². The van der Waals surface area contributed by atoms with Gasteiger partial charge in [0.25, 0.3) is 0 Å².